The number of hydrogen-bond donors (Lipinski definition) is 1. The fraction of sp³-hybridized carbons (Fsp3) is 0.0909. The van der Waals surface area contributed by atoms with Crippen molar-refractivity contribution >= 4 is 12.2 Å². The lowest BCUT2D eigenvalue weighted by Crippen LogP contribution is -2.21. The van der Waals surface area contributed by atoms with E-state index in [0.29, 0.717) is 5.69 Å². The molecule has 0 amide bonds. The Kier molecular flexibility index (Phi) is 3.05. The highest BCUT2D eigenvalue weighted by Gasteiger charge is 2.08. The van der Waals surface area contributed by atoms with Crippen LogP contribution in [0.2, 0.25) is 0 Å². The van der Waals surface area contributed by atoms with E-state index in [9.17, 15) is 9.59 Å². The van der Waals surface area contributed by atoms with E-state index in [1.165, 1.54) is 6.92 Å². The van der Waals surface area contributed by atoms with Gasteiger partial charge in [0.25, 0.3) is 0 Å². The van der Waals surface area contributed by atoms with Gasteiger partial charge in [-0.3, -0.25) is 0 Å². The van der Waals surface area contributed by atoms with Crippen molar-refractivity contribution < 1.29 is 9.90 Å². The first-order chi connectivity index (χ1) is 8.59. The summed E-state index contributed by atoms with van der Waals surface area (Å²) in [4.78, 5) is 22.5. The molecule has 0 fully saturated rings. The molecule has 0 unspecified atom stereocenters. The average molecular weight is 246 g/mol. The molecule has 2 rings (SSSR count). The van der Waals surface area contributed by atoms with Gasteiger partial charge in [0.05, 0.1) is 11.3 Å². The Bertz CT molecular complexity index is 654. The number of aromatic nitrogens is 4. The number of aliphatic carboxylic acids is 1. The van der Waals surface area contributed by atoms with Gasteiger partial charge in [0, 0.05) is 6.20 Å². The summed E-state index contributed by atoms with van der Waals surface area (Å²) in [5.41, 5.74) is 0.0362. The maximum atomic E-state index is 11.9. The first-order valence-electron chi connectivity index (χ1n) is 5.11. The zero-order chi connectivity index (χ0) is 13.1. The van der Waals surface area contributed by atoms with Crippen LogP contribution in [0.25, 0.3) is 11.9 Å². The first kappa shape index (κ1) is 11.8. The topological polar surface area (TPSA) is 90.0 Å². The number of carboxylic acid groups (broad SMARTS) is 1. The molecule has 0 atom stereocenters. The monoisotopic (exact) mass is 246 g/mol. The van der Waals surface area contributed by atoms with Crippen molar-refractivity contribution in [3.05, 3.63) is 46.4 Å². The van der Waals surface area contributed by atoms with Crippen molar-refractivity contribution in [2.75, 3.05) is 0 Å². The Balaban J connectivity index is 2.45. The molecule has 0 aliphatic heterocycles. The summed E-state index contributed by atoms with van der Waals surface area (Å²) < 4.78 is 1.97. The molecule has 7 heteroatoms. The molecule has 0 radical (unpaired) electrons. The molecular formula is C11H10N4O3. The third-order valence-corrected chi connectivity index (χ3v) is 2.26. The molecule has 0 aliphatic rings. The molecular weight excluding hydrogens is 236 g/mol. The molecule has 1 aromatic carbocycles. The van der Waals surface area contributed by atoms with Gasteiger partial charge in [0.2, 0.25) is 0 Å². The van der Waals surface area contributed by atoms with E-state index >= 15 is 0 Å². The van der Waals surface area contributed by atoms with Gasteiger partial charge in [0.15, 0.2) is 0 Å². The van der Waals surface area contributed by atoms with Crippen LogP contribution in [0.4, 0.5) is 0 Å². The van der Waals surface area contributed by atoms with Crippen LogP contribution in [-0.4, -0.2) is 30.9 Å². The normalized spacial score (nSPS) is 11.5. The molecule has 0 aliphatic carbocycles. The molecule has 92 valence electrons. The smallest absolute Gasteiger partial charge is 0.372 e. The number of rotatable bonds is 3. The highest BCUT2D eigenvalue weighted by molar-refractivity contribution is 5.89. The van der Waals surface area contributed by atoms with Gasteiger partial charge in [-0.15, -0.1) is 0 Å². The van der Waals surface area contributed by atoms with Crippen LogP contribution in [0.3, 0.4) is 0 Å². The molecule has 0 spiro atoms. The summed E-state index contributed by atoms with van der Waals surface area (Å²) in [6, 6.07) is 8.74. The molecule has 18 heavy (non-hydrogen) atoms. The molecule has 2 aromatic rings. The maximum absolute atomic E-state index is 11.9. The molecule has 0 saturated carbocycles. The third kappa shape index (κ3) is 2.19. The van der Waals surface area contributed by atoms with Crippen molar-refractivity contribution in [3.8, 4) is 5.69 Å². The minimum absolute atomic E-state index is 0.00258. The second kappa shape index (κ2) is 4.66. The summed E-state index contributed by atoms with van der Waals surface area (Å²) in [6.07, 6.45) is 1.12. The number of nitrogens with zero attached hydrogens (tertiary/aromatic N) is 4. The van der Waals surface area contributed by atoms with Gasteiger partial charge in [-0.2, -0.15) is 9.36 Å². The lowest BCUT2D eigenvalue weighted by Gasteiger charge is -1.95. The SMILES string of the molecule is C/C(=C\n1nnn(-c2ccccc2)c1=O)C(=O)O. The Hall–Kier alpha value is -2.70. The Morgan fingerprint density at radius 2 is 1.94 bits per heavy atom. The largest absolute Gasteiger partial charge is 0.478 e. The van der Waals surface area contributed by atoms with E-state index in [1.54, 1.807) is 24.3 Å². The molecule has 1 N–H and O–H groups in total. The number of tetrazole rings is 1. The van der Waals surface area contributed by atoms with E-state index in [1.807, 2.05) is 6.07 Å². The lowest BCUT2D eigenvalue weighted by molar-refractivity contribution is -0.132. The van der Waals surface area contributed by atoms with Crippen LogP contribution in [0.15, 0.2) is 40.7 Å². The van der Waals surface area contributed by atoms with Crippen LogP contribution >= 0.6 is 0 Å². The maximum Gasteiger partial charge on any atom is 0.372 e. The van der Waals surface area contributed by atoms with Gasteiger partial charge >= 0.3 is 11.7 Å². The van der Waals surface area contributed by atoms with E-state index in [0.717, 1.165) is 15.6 Å². The standard InChI is InChI=1S/C11H10N4O3/c1-8(10(16)17)7-14-11(18)15(13-12-14)9-5-3-2-4-6-9/h2-7H,1H3,(H,16,17)/b8-7+. The van der Waals surface area contributed by atoms with Crippen molar-refractivity contribution in [2.45, 2.75) is 6.92 Å². The summed E-state index contributed by atoms with van der Waals surface area (Å²) in [6.45, 7) is 1.37. The van der Waals surface area contributed by atoms with Crippen molar-refractivity contribution in [2.24, 2.45) is 0 Å². The molecule has 0 saturated heterocycles. The van der Waals surface area contributed by atoms with E-state index in [2.05, 4.69) is 10.4 Å². The molecule has 1 aromatic heterocycles. The van der Waals surface area contributed by atoms with Gasteiger partial charge in [-0.1, -0.05) is 18.2 Å². The summed E-state index contributed by atoms with van der Waals surface area (Å²) in [7, 11) is 0. The lowest BCUT2D eigenvalue weighted by atomic mass is 10.3. The van der Waals surface area contributed by atoms with Gasteiger partial charge in [-0.05, 0) is 29.5 Å². The van der Waals surface area contributed by atoms with Crippen LogP contribution in [0.5, 0.6) is 0 Å². The second-order valence-electron chi connectivity index (χ2n) is 3.57. The zero-order valence-electron chi connectivity index (χ0n) is 9.52. The first-order valence-corrected chi connectivity index (χ1v) is 5.11. The van der Waals surface area contributed by atoms with Crippen LogP contribution in [0.1, 0.15) is 6.92 Å². The fourth-order valence-electron chi connectivity index (χ4n) is 1.31. The molecule has 0 bridgehead atoms. The van der Waals surface area contributed by atoms with Crippen molar-refractivity contribution in [1.29, 1.82) is 0 Å². The highest BCUT2D eigenvalue weighted by Crippen LogP contribution is 2.01. The highest BCUT2D eigenvalue weighted by atomic mass is 16.4. The predicted molar refractivity (Wildman–Crippen MR) is 63.2 cm³/mol. The molecule has 7 nitrogen and oxygen atoms in total. The summed E-state index contributed by atoms with van der Waals surface area (Å²) in [5.74, 6) is -1.11. The minimum Gasteiger partial charge on any atom is -0.478 e. The number of benzene rings is 1. The zero-order valence-corrected chi connectivity index (χ0v) is 9.52. The summed E-state index contributed by atoms with van der Waals surface area (Å²) >= 11 is 0. The number of para-hydroxylation sites is 1. The van der Waals surface area contributed by atoms with Crippen LogP contribution < -0.4 is 5.69 Å². The Labute approximate surface area is 102 Å². The van der Waals surface area contributed by atoms with Gasteiger partial charge in [-0.25, -0.2) is 9.59 Å². The number of carboxylic acids is 1. The Morgan fingerprint density at radius 1 is 1.28 bits per heavy atom. The Morgan fingerprint density at radius 3 is 2.56 bits per heavy atom. The van der Waals surface area contributed by atoms with E-state index < -0.39 is 11.7 Å². The van der Waals surface area contributed by atoms with Crippen molar-refractivity contribution in [1.82, 2.24) is 19.8 Å². The van der Waals surface area contributed by atoms with Crippen molar-refractivity contribution in [3.63, 3.8) is 0 Å². The molecule has 1 heterocycles. The van der Waals surface area contributed by atoms with Gasteiger partial charge in [0.1, 0.15) is 0 Å². The van der Waals surface area contributed by atoms with Gasteiger partial charge < -0.3 is 5.11 Å². The number of hydrogen-bond acceptors (Lipinski definition) is 4. The van der Waals surface area contributed by atoms with E-state index in [-0.39, 0.29) is 5.57 Å². The van der Waals surface area contributed by atoms with E-state index in [4.69, 9.17) is 5.11 Å². The van der Waals surface area contributed by atoms with Crippen LogP contribution in [0, 0.1) is 0 Å². The number of carbonyl (C=O) groups is 1. The third-order valence-electron chi connectivity index (χ3n) is 2.26. The quantitative estimate of drug-likeness (QED) is 0.790. The predicted octanol–water partition coefficient (Wildman–Crippen LogP) is 0.374. The van der Waals surface area contributed by atoms with Crippen LogP contribution in [-0.2, 0) is 4.79 Å². The average Bonchev–Trinajstić information content (AvgIpc) is 2.72. The second-order valence-corrected chi connectivity index (χ2v) is 3.57. The minimum atomic E-state index is -1.11. The summed E-state index contributed by atoms with van der Waals surface area (Å²) in [5, 5.41) is 16.0. The fourth-order valence-corrected chi connectivity index (χ4v) is 1.31.